The zero-order valence-corrected chi connectivity index (χ0v) is 19.1. The fourth-order valence-corrected chi connectivity index (χ4v) is 3.94. The summed E-state index contributed by atoms with van der Waals surface area (Å²) in [5, 5.41) is 0. The Labute approximate surface area is 176 Å². The molecule has 0 bridgehead atoms. The SMILES string of the molecule is COCCn1c(-c2ccc(C(C)C)cc2)nc2c(Br)c(I)cc(OC)c21. The maximum absolute atomic E-state index is 5.66. The lowest BCUT2D eigenvalue weighted by atomic mass is 10.0. The number of methoxy groups -OCH3 is 2. The molecular formula is C20H22BrIN2O2. The van der Waals surface area contributed by atoms with Gasteiger partial charge in [0.1, 0.15) is 22.6 Å². The van der Waals surface area contributed by atoms with Crippen LogP contribution >= 0.6 is 38.5 Å². The third-order valence-electron chi connectivity index (χ3n) is 4.45. The van der Waals surface area contributed by atoms with Gasteiger partial charge in [0, 0.05) is 22.8 Å². The Morgan fingerprint density at radius 1 is 1.19 bits per heavy atom. The van der Waals surface area contributed by atoms with Crippen molar-refractivity contribution in [1.29, 1.82) is 0 Å². The van der Waals surface area contributed by atoms with Crippen LogP contribution in [0.2, 0.25) is 0 Å². The largest absolute Gasteiger partial charge is 0.494 e. The number of imidazole rings is 1. The lowest BCUT2D eigenvalue weighted by Gasteiger charge is -2.12. The Morgan fingerprint density at radius 3 is 2.46 bits per heavy atom. The standard InChI is InChI=1S/C20H22BrIN2O2/c1-12(2)13-5-7-14(8-6-13)20-23-18-17(21)15(22)11-16(26-4)19(18)24(20)9-10-25-3/h5-8,11-12H,9-10H2,1-4H3. The van der Waals surface area contributed by atoms with Crippen LogP contribution < -0.4 is 4.74 Å². The van der Waals surface area contributed by atoms with Crippen LogP contribution in [0, 0.1) is 3.57 Å². The first kappa shape index (κ1) is 19.6. The Hall–Kier alpha value is -1.12. The Bertz CT molecular complexity index is 920. The topological polar surface area (TPSA) is 36.3 Å². The van der Waals surface area contributed by atoms with Crippen molar-refractivity contribution in [1.82, 2.24) is 9.55 Å². The number of fused-ring (bicyclic) bond motifs is 1. The van der Waals surface area contributed by atoms with Gasteiger partial charge in [-0.05, 0) is 56.1 Å². The molecule has 138 valence electrons. The van der Waals surface area contributed by atoms with E-state index in [1.54, 1.807) is 14.2 Å². The van der Waals surface area contributed by atoms with E-state index < -0.39 is 0 Å². The zero-order chi connectivity index (χ0) is 18.8. The maximum Gasteiger partial charge on any atom is 0.145 e. The third kappa shape index (κ3) is 3.64. The quantitative estimate of drug-likeness (QED) is 0.376. The maximum atomic E-state index is 5.66. The van der Waals surface area contributed by atoms with Gasteiger partial charge in [0.25, 0.3) is 0 Å². The molecule has 0 saturated heterocycles. The van der Waals surface area contributed by atoms with Crippen LogP contribution in [0.5, 0.6) is 5.75 Å². The average molecular weight is 529 g/mol. The second kappa shape index (κ2) is 8.27. The summed E-state index contributed by atoms with van der Waals surface area (Å²) in [5.41, 5.74) is 4.31. The molecule has 0 amide bonds. The number of ether oxygens (including phenoxy) is 2. The first-order valence-corrected chi connectivity index (χ1v) is 10.4. The van der Waals surface area contributed by atoms with Crippen molar-refractivity contribution in [3.05, 3.63) is 43.9 Å². The summed E-state index contributed by atoms with van der Waals surface area (Å²) in [7, 11) is 3.41. The van der Waals surface area contributed by atoms with Crippen molar-refractivity contribution in [2.75, 3.05) is 20.8 Å². The number of rotatable bonds is 6. The smallest absolute Gasteiger partial charge is 0.145 e. The molecule has 26 heavy (non-hydrogen) atoms. The molecule has 0 atom stereocenters. The van der Waals surface area contributed by atoms with Gasteiger partial charge in [-0.25, -0.2) is 4.98 Å². The molecule has 0 spiro atoms. The van der Waals surface area contributed by atoms with E-state index in [2.05, 4.69) is 81.2 Å². The van der Waals surface area contributed by atoms with E-state index in [0.717, 1.165) is 36.2 Å². The second-order valence-electron chi connectivity index (χ2n) is 6.43. The second-order valence-corrected chi connectivity index (χ2v) is 8.38. The van der Waals surface area contributed by atoms with Crippen molar-refractivity contribution >= 4 is 49.6 Å². The highest BCUT2D eigenvalue weighted by Crippen LogP contribution is 2.38. The van der Waals surface area contributed by atoms with Gasteiger partial charge in [-0.2, -0.15) is 0 Å². The molecule has 4 nitrogen and oxygen atoms in total. The number of halogens is 2. The number of benzene rings is 2. The van der Waals surface area contributed by atoms with Gasteiger partial charge >= 0.3 is 0 Å². The van der Waals surface area contributed by atoms with E-state index in [-0.39, 0.29) is 0 Å². The van der Waals surface area contributed by atoms with E-state index in [0.29, 0.717) is 19.1 Å². The summed E-state index contributed by atoms with van der Waals surface area (Å²) in [6.45, 7) is 5.71. The van der Waals surface area contributed by atoms with Crippen LogP contribution in [-0.4, -0.2) is 30.4 Å². The van der Waals surface area contributed by atoms with E-state index in [1.165, 1.54) is 5.56 Å². The fourth-order valence-electron chi connectivity index (χ4n) is 3.01. The van der Waals surface area contributed by atoms with Gasteiger partial charge in [-0.3, -0.25) is 0 Å². The van der Waals surface area contributed by atoms with E-state index in [1.807, 2.05) is 6.07 Å². The van der Waals surface area contributed by atoms with Crippen molar-refractivity contribution < 1.29 is 9.47 Å². The minimum absolute atomic E-state index is 0.507. The monoisotopic (exact) mass is 528 g/mol. The molecular weight excluding hydrogens is 507 g/mol. The Balaban J connectivity index is 2.25. The summed E-state index contributed by atoms with van der Waals surface area (Å²) in [4.78, 5) is 4.96. The third-order valence-corrected chi connectivity index (χ3v) is 6.85. The molecule has 6 heteroatoms. The van der Waals surface area contributed by atoms with Crippen molar-refractivity contribution in [3.8, 4) is 17.1 Å². The zero-order valence-electron chi connectivity index (χ0n) is 15.3. The van der Waals surface area contributed by atoms with Crippen LogP contribution in [0.25, 0.3) is 22.4 Å². The molecule has 0 saturated carbocycles. The van der Waals surface area contributed by atoms with Gasteiger partial charge in [0.2, 0.25) is 0 Å². The fraction of sp³-hybridized carbons (Fsp3) is 0.350. The first-order chi connectivity index (χ1) is 12.5. The first-order valence-electron chi connectivity index (χ1n) is 8.49. The van der Waals surface area contributed by atoms with Gasteiger partial charge in [0.05, 0.1) is 18.2 Å². The molecule has 3 rings (SSSR count). The Morgan fingerprint density at radius 2 is 1.88 bits per heavy atom. The number of nitrogens with zero attached hydrogens (tertiary/aromatic N) is 2. The summed E-state index contributed by atoms with van der Waals surface area (Å²) < 4.78 is 15.2. The van der Waals surface area contributed by atoms with Crippen LogP contribution in [-0.2, 0) is 11.3 Å². The van der Waals surface area contributed by atoms with Gasteiger partial charge < -0.3 is 14.0 Å². The van der Waals surface area contributed by atoms with Crippen LogP contribution in [0.3, 0.4) is 0 Å². The van der Waals surface area contributed by atoms with E-state index in [4.69, 9.17) is 14.5 Å². The number of aromatic nitrogens is 2. The van der Waals surface area contributed by atoms with Gasteiger partial charge in [-0.15, -0.1) is 0 Å². The lowest BCUT2D eigenvalue weighted by Crippen LogP contribution is -2.07. The molecule has 0 fully saturated rings. The predicted octanol–water partition coefficient (Wildman–Crippen LogP) is 5.85. The molecule has 1 heterocycles. The lowest BCUT2D eigenvalue weighted by molar-refractivity contribution is 0.188. The van der Waals surface area contributed by atoms with Crippen molar-refractivity contribution in [3.63, 3.8) is 0 Å². The number of hydrogen-bond acceptors (Lipinski definition) is 3. The molecule has 0 radical (unpaired) electrons. The normalized spacial score (nSPS) is 11.5. The molecule has 1 aromatic heterocycles. The van der Waals surface area contributed by atoms with Crippen molar-refractivity contribution in [2.45, 2.75) is 26.3 Å². The minimum Gasteiger partial charge on any atom is -0.494 e. The van der Waals surface area contributed by atoms with Gasteiger partial charge in [-0.1, -0.05) is 38.1 Å². The molecule has 0 aliphatic carbocycles. The van der Waals surface area contributed by atoms with Crippen LogP contribution in [0.15, 0.2) is 34.8 Å². The highest BCUT2D eigenvalue weighted by Gasteiger charge is 2.20. The van der Waals surface area contributed by atoms with E-state index in [9.17, 15) is 0 Å². The summed E-state index contributed by atoms with van der Waals surface area (Å²) in [5.74, 6) is 2.25. The van der Waals surface area contributed by atoms with E-state index >= 15 is 0 Å². The van der Waals surface area contributed by atoms with Crippen LogP contribution in [0.1, 0.15) is 25.3 Å². The molecule has 2 aromatic carbocycles. The minimum atomic E-state index is 0.507. The van der Waals surface area contributed by atoms with Crippen LogP contribution in [0.4, 0.5) is 0 Å². The highest BCUT2D eigenvalue weighted by atomic mass is 127. The molecule has 0 unspecified atom stereocenters. The summed E-state index contributed by atoms with van der Waals surface area (Å²) >= 11 is 5.99. The molecule has 0 N–H and O–H groups in total. The number of hydrogen-bond donors (Lipinski definition) is 0. The Kier molecular flexibility index (Phi) is 6.25. The highest BCUT2D eigenvalue weighted by molar-refractivity contribution is 14.1. The molecule has 0 aliphatic rings. The predicted molar refractivity (Wildman–Crippen MR) is 118 cm³/mol. The van der Waals surface area contributed by atoms with Gasteiger partial charge in [0.15, 0.2) is 0 Å². The summed E-state index contributed by atoms with van der Waals surface area (Å²) in [6.07, 6.45) is 0. The summed E-state index contributed by atoms with van der Waals surface area (Å²) in [6, 6.07) is 10.7. The molecule has 3 aromatic rings. The average Bonchev–Trinajstić information content (AvgIpc) is 3.02. The van der Waals surface area contributed by atoms with Crippen molar-refractivity contribution in [2.24, 2.45) is 0 Å². The molecule has 0 aliphatic heterocycles.